The van der Waals surface area contributed by atoms with Crippen molar-refractivity contribution in [3.05, 3.63) is 41.7 Å². The highest BCUT2D eigenvalue weighted by Gasteiger charge is 2.06. The first kappa shape index (κ1) is 15.3. The highest BCUT2D eigenvalue weighted by molar-refractivity contribution is 5.40. The molecule has 2 aromatic rings. The minimum absolute atomic E-state index is 0.565. The van der Waals surface area contributed by atoms with Gasteiger partial charge in [0.2, 0.25) is 5.88 Å². The summed E-state index contributed by atoms with van der Waals surface area (Å²) in [6.07, 6.45) is 1.14. The van der Waals surface area contributed by atoms with Crippen molar-refractivity contribution in [1.29, 1.82) is 0 Å². The van der Waals surface area contributed by atoms with Gasteiger partial charge in [0, 0.05) is 12.6 Å². The van der Waals surface area contributed by atoms with Gasteiger partial charge < -0.3 is 10.1 Å². The van der Waals surface area contributed by atoms with Crippen molar-refractivity contribution in [2.45, 2.75) is 40.0 Å². The lowest BCUT2D eigenvalue weighted by Crippen LogP contribution is -2.02. The molecule has 1 aromatic heterocycles. The number of aryl methyl sites for hydroxylation is 1. The van der Waals surface area contributed by atoms with E-state index < -0.39 is 0 Å². The minimum Gasteiger partial charge on any atom is -0.439 e. The third-order valence-electron chi connectivity index (χ3n) is 3.46. The fourth-order valence-corrected chi connectivity index (χ4v) is 2.09. The summed E-state index contributed by atoms with van der Waals surface area (Å²) >= 11 is 0. The first-order valence-corrected chi connectivity index (χ1v) is 7.49. The summed E-state index contributed by atoms with van der Waals surface area (Å²) in [5.41, 5.74) is 1.33. The fraction of sp³-hybridized carbons (Fsp3) is 0.412. The van der Waals surface area contributed by atoms with E-state index in [0.29, 0.717) is 17.6 Å². The molecular formula is C17H23N3O. The Morgan fingerprint density at radius 1 is 1.14 bits per heavy atom. The molecule has 0 aliphatic rings. The highest BCUT2D eigenvalue weighted by Crippen LogP contribution is 2.25. The first-order chi connectivity index (χ1) is 10.1. The number of anilines is 1. The molecule has 4 nitrogen and oxygen atoms in total. The van der Waals surface area contributed by atoms with E-state index >= 15 is 0 Å². The van der Waals surface area contributed by atoms with E-state index in [1.54, 1.807) is 0 Å². The van der Waals surface area contributed by atoms with Crippen LogP contribution in [-0.2, 0) is 0 Å². The smallest absolute Gasteiger partial charge is 0.224 e. The average molecular weight is 285 g/mol. The SMILES string of the molecule is CCNc1cc(Oc2ccc(C(C)CC)cc2)nc(C)n1. The van der Waals surface area contributed by atoms with Crippen molar-refractivity contribution in [1.82, 2.24) is 9.97 Å². The average Bonchev–Trinajstić information content (AvgIpc) is 2.47. The Morgan fingerprint density at radius 2 is 1.86 bits per heavy atom. The van der Waals surface area contributed by atoms with Crippen molar-refractivity contribution in [2.75, 3.05) is 11.9 Å². The molecule has 0 amide bonds. The van der Waals surface area contributed by atoms with Crippen LogP contribution in [0, 0.1) is 6.92 Å². The van der Waals surface area contributed by atoms with Crippen LogP contribution in [-0.4, -0.2) is 16.5 Å². The van der Waals surface area contributed by atoms with E-state index in [1.807, 2.05) is 32.0 Å². The molecule has 0 aliphatic carbocycles. The standard InChI is InChI=1S/C17H23N3O/c1-5-12(3)14-7-9-15(10-8-14)21-17-11-16(18-6-2)19-13(4)20-17/h7-12H,5-6H2,1-4H3,(H,18,19,20). The van der Waals surface area contributed by atoms with E-state index in [4.69, 9.17) is 4.74 Å². The summed E-state index contributed by atoms with van der Waals surface area (Å²) in [4.78, 5) is 8.62. The van der Waals surface area contributed by atoms with Gasteiger partial charge in [-0.3, -0.25) is 0 Å². The predicted molar refractivity (Wildman–Crippen MR) is 86.2 cm³/mol. The Hall–Kier alpha value is -2.10. The summed E-state index contributed by atoms with van der Waals surface area (Å²) in [6.45, 7) is 9.14. The summed E-state index contributed by atoms with van der Waals surface area (Å²) in [7, 11) is 0. The van der Waals surface area contributed by atoms with Crippen molar-refractivity contribution < 1.29 is 4.74 Å². The molecule has 1 unspecified atom stereocenters. The van der Waals surface area contributed by atoms with Crippen molar-refractivity contribution in [3.63, 3.8) is 0 Å². The molecule has 0 fully saturated rings. The van der Waals surface area contributed by atoms with Gasteiger partial charge in [0.25, 0.3) is 0 Å². The summed E-state index contributed by atoms with van der Waals surface area (Å²) in [5, 5.41) is 3.18. The first-order valence-electron chi connectivity index (χ1n) is 7.49. The Bertz CT molecular complexity index is 581. The van der Waals surface area contributed by atoms with Crippen molar-refractivity contribution >= 4 is 5.82 Å². The van der Waals surface area contributed by atoms with Gasteiger partial charge in [0.05, 0.1) is 0 Å². The Morgan fingerprint density at radius 3 is 2.48 bits per heavy atom. The number of benzene rings is 1. The molecule has 21 heavy (non-hydrogen) atoms. The normalized spacial score (nSPS) is 12.0. The van der Waals surface area contributed by atoms with E-state index in [1.165, 1.54) is 5.56 Å². The number of hydrogen-bond donors (Lipinski definition) is 1. The monoisotopic (exact) mass is 285 g/mol. The third-order valence-corrected chi connectivity index (χ3v) is 3.46. The Balaban J connectivity index is 2.14. The molecule has 0 bridgehead atoms. The zero-order valence-corrected chi connectivity index (χ0v) is 13.2. The summed E-state index contributed by atoms with van der Waals surface area (Å²) in [6, 6.07) is 10.0. The topological polar surface area (TPSA) is 47.0 Å². The Kier molecular flexibility index (Phi) is 5.14. The van der Waals surface area contributed by atoms with E-state index in [2.05, 4.69) is 41.3 Å². The second-order valence-electron chi connectivity index (χ2n) is 5.15. The van der Waals surface area contributed by atoms with Gasteiger partial charge in [0.1, 0.15) is 17.4 Å². The Labute approximate surface area is 126 Å². The van der Waals surface area contributed by atoms with Crippen LogP contribution in [0.5, 0.6) is 11.6 Å². The van der Waals surface area contributed by atoms with Crippen LogP contribution in [0.25, 0.3) is 0 Å². The molecule has 112 valence electrons. The second-order valence-corrected chi connectivity index (χ2v) is 5.15. The maximum absolute atomic E-state index is 5.82. The number of rotatable bonds is 6. The quantitative estimate of drug-likeness (QED) is 0.847. The molecule has 1 aromatic carbocycles. The van der Waals surface area contributed by atoms with Crippen LogP contribution >= 0.6 is 0 Å². The molecule has 1 N–H and O–H groups in total. The summed E-state index contributed by atoms with van der Waals surface area (Å²) in [5.74, 6) is 3.41. The number of aromatic nitrogens is 2. The van der Waals surface area contributed by atoms with Gasteiger partial charge in [-0.15, -0.1) is 0 Å². The van der Waals surface area contributed by atoms with Gasteiger partial charge in [-0.1, -0.05) is 26.0 Å². The number of nitrogens with one attached hydrogen (secondary N) is 1. The molecule has 0 saturated heterocycles. The number of hydrogen-bond acceptors (Lipinski definition) is 4. The van der Waals surface area contributed by atoms with Crippen LogP contribution in [0.15, 0.2) is 30.3 Å². The molecule has 0 spiro atoms. The fourth-order valence-electron chi connectivity index (χ4n) is 2.09. The molecule has 1 heterocycles. The number of ether oxygens (including phenoxy) is 1. The van der Waals surface area contributed by atoms with Gasteiger partial charge in [-0.05, 0) is 43.9 Å². The largest absolute Gasteiger partial charge is 0.439 e. The van der Waals surface area contributed by atoms with Crippen LogP contribution < -0.4 is 10.1 Å². The molecule has 0 aliphatic heterocycles. The lowest BCUT2D eigenvalue weighted by atomic mass is 9.99. The maximum Gasteiger partial charge on any atom is 0.224 e. The van der Waals surface area contributed by atoms with Gasteiger partial charge in [0.15, 0.2) is 0 Å². The van der Waals surface area contributed by atoms with E-state index in [-0.39, 0.29) is 0 Å². The molecule has 2 rings (SSSR count). The zero-order chi connectivity index (χ0) is 15.2. The lowest BCUT2D eigenvalue weighted by molar-refractivity contribution is 0.460. The second kappa shape index (κ2) is 7.07. The third kappa shape index (κ3) is 4.18. The minimum atomic E-state index is 0.565. The molecular weight excluding hydrogens is 262 g/mol. The molecule has 4 heteroatoms. The van der Waals surface area contributed by atoms with Crippen LogP contribution in [0.1, 0.15) is 44.5 Å². The highest BCUT2D eigenvalue weighted by atomic mass is 16.5. The van der Waals surface area contributed by atoms with E-state index in [0.717, 1.165) is 24.5 Å². The predicted octanol–water partition coefficient (Wildman–Crippen LogP) is 4.52. The number of nitrogens with zero attached hydrogens (tertiary/aromatic N) is 2. The lowest BCUT2D eigenvalue weighted by Gasteiger charge is -2.11. The maximum atomic E-state index is 5.82. The van der Waals surface area contributed by atoms with Crippen molar-refractivity contribution in [2.24, 2.45) is 0 Å². The van der Waals surface area contributed by atoms with E-state index in [9.17, 15) is 0 Å². The van der Waals surface area contributed by atoms with Crippen molar-refractivity contribution in [3.8, 4) is 11.6 Å². The van der Waals surface area contributed by atoms with Crippen LogP contribution in [0.3, 0.4) is 0 Å². The van der Waals surface area contributed by atoms with Gasteiger partial charge in [-0.25, -0.2) is 4.98 Å². The van der Waals surface area contributed by atoms with Gasteiger partial charge >= 0.3 is 0 Å². The summed E-state index contributed by atoms with van der Waals surface area (Å²) < 4.78 is 5.82. The zero-order valence-electron chi connectivity index (χ0n) is 13.2. The van der Waals surface area contributed by atoms with Crippen LogP contribution in [0.4, 0.5) is 5.82 Å². The molecule has 0 radical (unpaired) electrons. The molecule has 0 saturated carbocycles. The van der Waals surface area contributed by atoms with Gasteiger partial charge in [-0.2, -0.15) is 4.98 Å². The molecule has 1 atom stereocenters. The van der Waals surface area contributed by atoms with Crippen LogP contribution in [0.2, 0.25) is 0 Å².